The van der Waals surface area contributed by atoms with Gasteiger partial charge in [-0.1, -0.05) is 68.2 Å². The predicted molar refractivity (Wildman–Crippen MR) is 145 cm³/mol. The minimum absolute atomic E-state index is 0.235. The van der Waals surface area contributed by atoms with Crippen LogP contribution in [0.1, 0.15) is 49.4 Å². The van der Waals surface area contributed by atoms with E-state index in [1.807, 2.05) is 36.4 Å². The lowest BCUT2D eigenvalue weighted by molar-refractivity contribution is -0.136. The first kappa shape index (κ1) is 26.2. The minimum Gasteiger partial charge on any atom is -0.493 e. The van der Waals surface area contributed by atoms with Gasteiger partial charge >= 0.3 is 5.97 Å². The van der Waals surface area contributed by atoms with Crippen molar-refractivity contribution in [1.29, 1.82) is 0 Å². The summed E-state index contributed by atoms with van der Waals surface area (Å²) in [6.45, 7) is 10.0. The number of ether oxygens (including phenoxy) is 3. The molecule has 37 heavy (non-hydrogen) atoms. The summed E-state index contributed by atoms with van der Waals surface area (Å²) in [6.07, 6.45) is 3.45. The van der Waals surface area contributed by atoms with Gasteiger partial charge in [0.2, 0.25) is 0 Å². The fourth-order valence-corrected chi connectivity index (χ4v) is 5.31. The second kappa shape index (κ2) is 11.0. The molecule has 1 aromatic heterocycles. The molecule has 0 saturated heterocycles. The maximum atomic E-state index is 13.7. The van der Waals surface area contributed by atoms with Crippen LogP contribution in [0.2, 0.25) is 0 Å². The number of carbonyl (C=O) groups excluding carboxylic acids is 1. The number of nitrogens with zero attached hydrogens (tertiary/aromatic N) is 2. The maximum absolute atomic E-state index is 13.7. The highest BCUT2D eigenvalue weighted by molar-refractivity contribution is 7.07. The molecule has 0 fully saturated rings. The van der Waals surface area contributed by atoms with Crippen LogP contribution in [-0.4, -0.2) is 31.4 Å². The van der Waals surface area contributed by atoms with Gasteiger partial charge in [-0.05, 0) is 47.7 Å². The Kier molecular flexibility index (Phi) is 7.78. The number of fused-ring (bicyclic) bond motifs is 1. The van der Waals surface area contributed by atoms with Gasteiger partial charge in [-0.25, -0.2) is 9.79 Å². The van der Waals surface area contributed by atoms with Crippen molar-refractivity contribution in [2.75, 3.05) is 20.8 Å². The van der Waals surface area contributed by atoms with Crippen molar-refractivity contribution >= 4 is 23.4 Å². The van der Waals surface area contributed by atoms with Gasteiger partial charge in [0, 0.05) is 0 Å². The van der Waals surface area contributed by atoms with Gasteiger partial charge < -0.3 is 14.2 Å². The average Bonchev–Trinajstić information content (AvgIpc) is 3.20. The van der Waals surface area contributed by atoms with E-state index in [0.29, 0.717) is 44.6 Å². The Labute approximate surface area is 219 Å². The standard InChI is InChI=1S/C29H30N2O5S/c1-7-14-36-22-13-8-19(15-23(22)34-5)16-24-27(32)31-26(21-11-9-20(10-12-21)17(2)3)25(28(33)35-6)18(4)30-29(31)37-24/h7-13,15-17,26H,1,14H2,2-6H3. The Balaban J connectivity index is 1.87. The second-order valence-corrected chi connectivity index (χ2v) is 9.91. The molecule has 1 unspecified atom stereocenters. The second-order valence-electron chi connectivity index (χ2n) is 8.90. The van der Waals surface area contributed by atoms with Crippen LogP contribution in [0.5, 0.6) is 11.5 Å². The van der Waals surface area contributed by atoms with E-state index in [2.05, 4.69) is 25.4 Å². The molecular weight excluding hydrogens is 488 g/mol. The van der Waals surface area contributed by atoms with Crippen LogP contribution >= 0.6 is 11.3 Å². The van der Waals surface area contributed by atoms with Gasteiger partial charge in [0.25, 0.3) is 5.56 Å². The number of rotatable bonds is 8. The number of allylic oxidation sites excluding steroid dienone is 1. The molecule has 0 N–H and O–H groups in total. The van der Waals surface area contributed by atoms with E-state index in [4.69, 9.17) is 14.2 Å². The lowest BCUT2D eigenvalue weighted by Gasteiger charge is -2.24. The highest BCUT2D eigenvalue weighted by Gasteiger charge is 2.33. The zero-order chi connectivity index (χ0) is 26.7. The number of methoxy groups -OCH3 is 2. The van der Waals surface area contributed by atoms with E-state index in [9.17, 15) is 9.59 Å². The number of hydrogen-bond acceptors (Lipinski definition) is 7. The molecule has 0 amide bonds. The minimum atomic E-state index is -0.642. The first-order valence-corrected chi connectivity index (χ1v) is 12.7. The van der Waals surface area contributed by atoms with Crippen LogP contribution in [0, 0.1) is 0 Å². The van der Waals surface area contributed by atoms with Crippen molar-refractivity contribution in [2.24, 2.45) is 4.99 Å². The summed E-state index contributed by atoms with van der Waals surface area (Å²) in [5, 5.41) is 0. The Morgan fingerprint density at radius 2 is 1.89 bits per heavy atom. The van der Waals surface area contributed by atoms with Crippen molar-refractivity contribution in [3.05, 3.63) is 103 Å². The van der Waals surface area contributed by atoms with Crippen molar-refractivity contribution in [3.8, 4) is 11.5 Å². The van der Waals surface area contributed by atoms with Crippen molar-refractivity contribution in [3.63, 3.8) is 0 Å². The SMILES string of the molecule is C=CCOc1ccc(C=c2sc3n(c2=O)C(c2ccc(C(C)C)cc2)C(C(=O)OC)=C(C)N=3)cc1OC. The lowest BCUT2D eigenvalue weighted by Crippen LogP contribution is -2.39. The molecule has 0 radical (unpaired) electrons. The largest absolute Gasteiger partial charge is 0.493 e. The molecular formula is C29H30N2O5S. The van der Waals surface area contributed by atoms with Crippen LogP contribution in [0.4, 0.5) is 0 Å². The number of hydrogen-bond donors (Lipinski definition) is 0. The van der Waals surface area contributed by atoms with E-state index in [-0.39, 0.29) is 5.56 Å². The van der Waals surface area contributed by atoms with E-state index in [0.717, 1.165) is 11.1 Å². The molecule has 0 bridgehead atoms. The molecule has 1 aliphatic heterocycles. The van der Waals surface area contributed by atoms with Gasteiger partial charge in [0.15, 0.2) is 16.3 Å². The Morgan fingerprint density at radius 3 is 2.51 bits per heavy atom. The first-order chi connectivity index (χ1) is 17.8. The molecule has 0 spiro atoms. The van der Waals surface area contributed by atoms with Crippen molar-refractivity contribution < 1.29 is 19.0 Å². The summed E-state index contributed by atoms with van der Waals surface area (Å²) in [6, 6.07) is 12.8. The summed E-state index contributed by atoms with van der Waals surface area (Å²) < 4.78 is 18.3. The Bertz CT molecular complexity index is 1540. The third kappa shape index (κ3) is 5.15. The van der Waals surface area contributed by atoms with Crippen LogP contribution in [0.25, 0.3) is 6.08 Å². The van der Waals surface area contributed by atoms with E-state index in [1.165, 1.54) is 24.0 Å². The molecule has 1 aliphatic rings. The Morgan fingerprint density at radius 1 is 1.16 bits per heavy atom. The van der Waals surface area contributed by atoms with E-state index in [1.54, 1.807) is 36.8 Å². The van der Waals surface area contributed by atoms with E-state index >= 15 is 0 Å². The number of carbonyl (C=O) groups is 1. The molecule has 8 heteroatoms. The van der Waals surface area contributed by atoms with Crippen LogP contribution in [-0.2, 0) is 9.53 Å². The van der Waals surface area contributed by atoms with Crippen LogP contribution in [0.15, 0.2) is 76.2 Å². The molecule has 1 atom stereocenters. The number of benzene rings is 2. The fraction of sp³-hybridized carbons (Fsp3) is 0.276. The first-order valence-electron chi connectivity index (χ1n) is 11.9. The van der Waals surface area contributed by atoms with Gasteiger partial charge in [-0.2, -0.15) is 0 Å². The molecule has 192 valence electrons. The molecule has 7 nitrogen and oxygen atoms in total. The fourth-order valence-electron chi connectivity index (χ4n) is 4.26. The Hall–Kier alpha value is -3.91. The number of aromatic nitrogens is 1. The smallest absolute Gasteiger partial charge is 0.338 e. The zero-order valence-corrected chi connectivity index (χ0v) is 22.4. The van der Waals surface area contributed by atoms with E-state index < -0.39 is 12.0 Å². The zero-order valence-electron chi connectivity index (χ0n) is 21.6. The van der Waals surface area contributed by atoms with Crippen molar-refractivity contribution in [2.45, 2.75) is 32.7 Å². The van der Waals surface area contributed by atoms with Gasteiger partial charge in [0.1, 0.15) is 6.61 Å². The summed E-state index contributed by atoms with van der Waals surface area (Å²) in [5.74, 6) is 0.992. The monoisotopic (exact) mass is 518 g/mol. The molecule has 0 saturated carbocycles. The quantitative estimate of drug-likeness (QED) is 0.331. The maximum Gasteiger partial charge on any atom is 0.338 e. The van der Waals surface area contributed by atoms with Crippen molar-refractivity contribution in [1.82, 2.24) is 4.57 Å². The summed E-state index contributed by atoms with van der Waals surface area (Å²) in [5.41, 5.74) is 3.41. The lowest BCUT2D eigenvalue weighted by atomic mass is 9.93. The van der Waals surface area contributed by atoms with Gasteiger partial charge in [-0.3, -0.25) is 9.36 Å². The highest BCUT2D eigenvalue weighted by Crippen LogP contribution is 2.32. The van der Waals surface area contributed by atoms with Gasteiger partial charge in [-0.15, -0.1) is 0 Å². The van der Waals surface area contributed by atoms with Crippen LogP contribution < -0.4 is 24.4 Å². The highest BCUT2D eigenvalue weighted by atomic mass is 32.1. The summed E-state index contributed by atoms with van der Waals surface area (Å²) >= 11 is 1.28. The molecule has 3 aromatic rings. The normalized spacial score (nSPS) is 15.3. The third-order valence-corrected chi connectivity index (χ3v) is 7.17. The summed E-state index contributed by atoms with van der Waals surface area (Å²) in [4.78, 5) is 31.7. The number of esters is 1. The van der Waals surface area contributed by atoms with Crippen LogP contribution in [0.3, 0.4) is 0 Å². The third-order valence-electron chi connectivity index (χ3n) is 6.19. The molecule has 2 heterocycles. The molecule has 0 aliphatic carbocycles. The topological polar surface area (TPSA) is 79.1 Å². The average molecular weight is 519 g/mol. The molecule has 4 rings (SSSR count). The predicted octanol–water partition coefficient (Wildman–Crippen LogP) is 4.11. The molecule has 2 aromatic carbocycles. The summed E-state index contributed by atoms with van der Waals surface area (Å²) in [7, 11) is 2.90. The van der Waals surface area contributed by atoms with Gasteiger partial charge in [0.05, 0.1) is 36.1 Å². The number of thiazole rings is 1.